The highest BCUT2D eigenvalue weighted by Gasteiger charge is 2.21. The van der Waals surface area contributed by atoms with Crippen molar-refractivity contribution in [2.45, 2.75) is 39.4 Å². The zero-order valence-electron chi connectivity index (χ0n) is 9.79. The highest BCUT2D eigenvalue weighted by atomic mass is 28.1. The van der Waals surface area contributed by atoms with Gasteiger partial charge in [-0.15, -0.1) is 0 Å². The molecule has 1 nitrogen and oxygen atoms in total. The standard InChI is InChI=1S/C12H20OSi/c1-9(2)13-12(3,4)10-5-7-11(14)8-6-10/h5-9H,1-4,14H3. The summed E-state index contributed by atoms with van der Waals surface area (Å²) in [5, 5.41) is 1.43. The van der Waals surface area contributed by atoms with Gasteiger partial charge in [0, 0.05) is 10.2 Å². The van der Waals surface area contributed by atoms with Crippen molar-refractivity contribution in [3.05, 3.63) is 29.8 Å². The molecule has 1 aromatic rings. The third-order valence-corrected chi connectivity index (χ3v) is 2.94. The molecule has 78 valence electrons. The molecule has 1 aromatic carbocycles. The lowest BCUT2D eigenvalue weighted by atomic mass is 9.98. The molecule has 0 atom stereocenters. The van der Waals surface area contributed by atoms with Gasteiger partial charge in [-0.3, -0.25) is 0 Å². The number of hydrogen-bond donors (Lipinski definition) is 0. The summed E-state index contributed by atoms with van der Waals surface area (Å²) in [6.07, 6.45) is 0.265. The van der Waals surface area contributed by atoms with Gasteiger partial charge in [-0.2, -0.15) is 0 Å². The highest BCUT2D eigenvalue weighted by Crippen LogP contribution is 2.25. The van der Waals surface area contributed by atoms with Crippen molar-refractivity contribution < 1.29 is 4.74 Å². The summed E-state index contributed by atoms with van der Waals surface area (Å²) >= 11 is 0. The Morgan fingerprint density at radius 3 is 2.07 bits per heavy atom. The fourth-order valence-corrected chi connectivity index (χ4v) is 1.95. The molecule has 0 aliphatic heterocycles. The first-order chi connectivity index (χ1) is 6.42. The SMILES string of the molecule is CC(C)OC(C)(C)c1ccc([SiH3])cc1. The van der Waals surface area contributed by atoms with Gasteiger partial charge in [0.15, 0.2) is 0 Å². The molecule has 0 fully saturated rings. The Kier molecular flexibility index (Phi) is 3.51. The van der Waals surface area contributed by atoms with E-state index in [4.69, 9.17) is 4.74 Å². The van der Waals surface area contributed by atoms with E-state index in [1.807, 2.05) is 0 Å². The normalized spacial score (nSPS) is 12.4. The molecule has 0 radical (unpaired) electrons. The van der Waals surface area contributed by atoms with Crippen LogP contribution in [-0.4, -0.2) is 16.3 Å². The first-order valence-electron chi connectivity index (χ1n) is 5.17. The molecule has 0 N–H and O–H groups in total. The maximum atomic E-state index is 5.87. The third-order valence-electron chi connectivity index (χ3n) is 2.28. The molecule has 0 aliphatic rings. The Morgan fingerprint density at radius 1 is 1.14 bits per heavy atom. The predicted molar refractivity (Wildman–Crippen MR) is 65.3 cm³/mol. The summed E-state index contributed by atoms with van der Waals surface area (Å²) in [5.74, 6) is 0. The maximum Gasteiger partial charge on any atom is 0.0878 e. The lowest BCUT2D eigenvalue weighted by molar-refractivity contribution is -0.0600. The number of benzene rings is 1. The van der Waals surface area contributed by atoms with E-state index in [2.05, 4.69) is 52.0 Å². The molecule has 0 unspecified atom stereocenters. The minimum atomic E-state index is -0.177. The molecule has 1 rings (SSSR count). The summed E-state index contributed by atoms with van der Waals surface area (Å²) in [5.41, 5.74) is 1.08. The van der Waals surface area contributed by atoms with Gasteiger partial charge in [0.25, 0.3) is 0 Å². The van der Waals surface area contributed by atoms with E-state index in [0.717, 1.165) is 10.2 Å². The zero-order valence-corrected chi connectivity index (χ0v) is 11.8. The number of ether oxygens (including phenoxy) is 1. The number of rotatable bonds is 3. The van der Waals surface area contributed by atoms with E-state index in [1.54, 1.807) is 0 Å². The predicted octanol–water partition coefficient (Wildman–Crippen LogP) is 1.34. The Hall–Kier alpha value is -0.603. The van der Waals surface area contributed by atoms with Crippen LogP contribution in [0, 0.1) is 0 Å². The Morgan fingerprint density at radius 2 is 1.64 bits per heavy atom. The largest absolute Gasteiger partial charge is 0.368 e. The van der Waals surface area contributed by atoms with Gasteiger partial charge in [0.2, 0.25) is 0 Å². The fourth-order valence-electron chi connectivity index (χ4n) is 1.61. The van der Waals surface area contributed by atoms with Crippen LogP contribution >= 0.6 is 0 Å². The van der Waals surface area contributed by atoms with Gasteiger partial charge < -0.3 is 4.74 Å². The van der Waals surface area contributed by atoms with Crippen LogP contribution in [0.15, 0.2) is 24.3 Å². The second-order valence-corrected chi connectivity index (χ2v) is 5.70. The average Bonchev–Trinajstić information content (AvgIpc) is 2.02. The molecule has 0 aliphatic carbocycles. The van der Waals surface area contributed by atoms with Crippen LogP contribution in [0.5, 0.6) is 0 Å². The summed E-state index contributed by atoms with van der Waals surface area (Å²) in [6.45, 7) is 8.38. The van der Waals surface area contributed by atoms with Crippen molar-refractivity contribution in [3.8, 4) is 0 Å². The van der Waals surface area contributed by atoms with Crippen LogP contribution in [0.25, 0.3) is 0 Å². The first-order valence-corrected chi connectivity index (χ1v) is 6.17. The molecule has 0 saturated heterocycles. The topological polar surface area (TPSA) is 9.23 Å². The van der Waals surface area contributed by atoms with Gasteiger partial charge in [0.05, 0.1) is 11.7 Å². The third kappa shape index (κ3) is 2.96. The van der Waals surface area contributed by atoms with Crippen LogP contribution in [0.1, 0.15) is 33.3 Å². The van der Waals surface area contributed by atoms with Crippen LogP contribution in [0.4, 0.5) is 0 Å². The molecular formula is C12H20OSi. The molecule has 0 amide bonds. The monoisotopic (exact) mass is 208 g/mol. The Balaban J connectivity index is 2.86. The maximum absolute atomic E-state index is 5.87. The van der Waals surface area contributed by atoms with Gasteiger partial charge in [0.1, 0.15) is 0 Å². The molecule has 0 spiro atoms. The van der Waals surface area contributed by atoms with Crippen molar-refractivity contribution in [1.82, 2.24) is 0 Å². The zero-order chi connectivity index (χ0) is 10.8. The number of hydrogen-bond acceptors (Lipinski definition) is 1. The summed E-state index contributed by atoms with van der Waals surface area (Å²) in [7, 11) is 1.12. The highest BCUT2D eigenvalue weighted by molar-refractivity contribution is 6.32. The van der Waals surface area contributed by atoms with Crippen LogP contribution < -0.4 is 5.19 Å². The minimum Gasteiger partial charge on any atom is -0.368 e. The molecule has 0 saturated carbocycles. The van der Waals surface area contributed by atoms with Crippen LogP contribution in [-0.2, 0) is 10.3 Å². The van der Waals surface area contributed by atoms with Gasteiger partial charge in [-0.25, -0.2) is 0 Å². The first kappa shape index (κ1) is 11.5. The quantitative estimate of drug-likeness (QED) is 0.681. The molecule has 14 heavy (non-hydrogen) atoms. The van der Waals surface area contributed by atoms with E-state index >= 15 is 0 Å². The Labute approximate surface area is 89.9 Å². The lowest BCUT2D eigenvalue weighted by Crippen LogP contribution is -2.25. The molecule has 0 aromatic heterocycles. The fraction of sp³-hybridized carbons (Fsp3) is 0.500. The van der Waals surface area contributed by atoms with E-state index in [-0.39, 0.29) is 11.7 Å². The molecule has 0 heterocycles. The van der Waals surface area contributed by atoms with E-state index in [1.165, 1.54) is 10.8 Å². The second kappa shape index (κ2) is 4.28. The Bertz CT molecular complexity index is 288. The summed E-state index contributed by atoms with van der Waals surface area (Å²) in [4.78, 5) is 0. The van der Waals surface area contributed by atoms with Gasteiger partial charge >= 0.3 is 0 Å². The molecule has 0 bridgehead atoms. The van der Waals surface area contributed by atoms with Gasteiger partial charge in [-0.05, 0) is 33.3 Å². The van der Waals surface area contributed by atoms with Crippen molar-refractivity contribution in [2.75, 3.05) is 0 Å². The average molecular weight is 208 g/mol. The van der Waals surface area contributed by atoms with Crippen molar-refractivity contribution in [2.24, 2.45) is 0 Å². The van der Waals surface area contributed by atoms with E-state index < -0.39 is 0 Å². The summed E-state index contributed by atoms with van der Waals surface area (Å²) < 4.78 is 5.87. The lowest BCUT2D eigenvalue weighted by Gasteiger charge is -2.28. The van der Waals surface area contributed by atoms with Crippen LogP contribution in [0.3, 0.4) is 0 Å². The van der Waals surface area contributed by atoms with Crippen molar-refractivity contribution >= 4 is 15.4 Å². The van der Waals surface area contributed by atoms with Crippen LogP contribution in [0.2, 0.25) is 0 Å². The van der Waals surface area contributed by atoms with E-state index in [9.17, 15) is 0 Å². The smallest absolute Gasteiger partial charge is 0.0878 e. The molecule has 2 heteroatoms. The van der Waals surface area contributed by atoms with Crippen molar-refractivity contribution in [1.29, 1.82) is 0 Å². The molecular weight excluding hydrogens is 188 g/mol. The summed E-state index contributed by atoms with van der Waals surface area (Å²) in [6, 6.07) is 8.72. The minimum absolute atomic E-state index is 0.177. The van der Waals surface area contributed by atoms with Gasteiger partial charge in [-0.1, -0.05) is 29.5 Å². The van der Waals surface area contributed by atoms with Crippen molar-refractivity contribution in [3.63, 3.8) is 0 Å². The second-order valence-electron chi connectivity index (χ2n) is 4.54. The van der Waals surface area contributed by atoms with E-state index in [0.29, 0.717) is 0 Å².